The Hall–Kier alpha value is -2.58. The van der Waals surface area contributed by atoms with E-state index in [1.165, 1.54) is 4.57 Å². The number of halogens is 3. The molecule has 5 nitrogen and oxygen atoms in total. The number of hydrogen-bond donors (Lipinski definition) is 1. The Morgan fingerprint density at radius 3 is 2.63 bits per heavy atom. The molecule has 0 fully saturated rings. The summed E-state index contributed by atoms with van der Waals surface area (Å²) < 4.78 is 28.5. The molecule has 3 rings (SSSR count). The van der Waals surface area contributed by atoms with Gasteiger partial charge < -0.3 is 9.67 Å². The Morgan fingerprint density at radius 2 is 2.00 bits per heavy atom. The standard InChI is InChI=1S/C18H13ClF2N2O3S/c1-2-13(17(25)26)23-14-5-3-4-10(19)15(14)27-18(23)22-16(24)9-6-7-11(20)12(21)8-9/h3-8,13H,2H2,1H3,(H,25,26). The molecule has 1 N–H and O–H groups in total. The number of hydrogen-bond acceptors (Lipinski definition) is 3. The fraction of sp³-hybridized carbons (Fsp3) is 0.167. The zero-order valence-electron chi connectivity index (χ0n) is 13.9. The Kier molecular flexibility index (Phi) is 5.38. The second kappa shape index (κ2) is 7.58. The van der Waals surface area contributed by atoms with Gasteiger partial charge in [-0.25, -0.2) is 13.6 Å². The van der Waals surface area contributed by atoms with E-state index in [1.807, 2.05) is 0 Å². The third-order valence-electron chi connectivity index (χ3n) is 3.95. The molecule has 0 saturated carbocycles. The van der Waals surface area contributed by atoms with Crippen LogP contribution in [-0.4, -0.2) is 21.6 Å². The Labute approximate surface area is 161 Å². The smallest absolute Gasteiger partial charge is 0.326 e. The van der Waals surface area contributed by atoms with E-state index >= 15 is 0 Å². The van der Waals surface area contributed by atoms with Gasteiger partial charge in [0.25, 0.3) is 5.91 Å². The number of fused-ring (bicyclic) bond motifs is 1. The highest BCUT2D eigenvalue weighted by Crippen LogP contribution is 2.29. The summed E-state index contributed by atoms with van der Waals surface area (Å²) in [5, 5.41) is 9.95. The number of rotatable bonds is 4. The van der Waals surface area contributed by atoms with Crippen LogP contribution < -0.4 is 4.80 Å². The van der Waals surface area contributed by atoms with Crippen molar-refractivity contribution in [1.29, 1.82) is 0 Å². The summed E-state index contributed by atoms with van der Waals surface area (Å²) in [6.07, 6.45) is 0.250. The lowest BCUT2D eigenvalue weighted by atomic mass is 10.2. The molecule has 0 saturated heterocycles. The number of carboxylic acids is 1. The number of aromatic nitrogens is 1. The quantitative estimate of drug-likeness (QED) is 0.692. The van der Waals surface area contributed by atoms with Crippen molar-refractivity contribution >= 4 is 45.0 Å². The summed E-state index contributed by atoms with van der Waals surface area (Å²) in [7, 11) is 0. The largest absolute Gasteiger partial charge is 0.480 e. The lowest BCUT2D eigenvalue weighted by Crippen LogP contribution is -2.27. The highest BCUT2D eigenvalue weighted by molar-refractivity contribution is 7.17. The number of benzene rings is 2. The van der Waals surface area contributed by atoms with E-state index in [9.17, 15) is 23.5 Å². The molecular weight excluding hydrogens is 398 g/mol. The molecule has 1 atom stereocenters. The molecule has 3 aromatic rings. The number of thiazole rings is 1. The van der Waals surface area contributed by atoms with Gasteiger partial charge in [0.2, 0.25) is 0 Å². The summed E-state index contributed by atoms with van der Waals surface area (Å²) in [6.45, 7) is 1.70. The normalized spacial score (nSPS) is 13.1. The molecule has 9 heteroatoms. The highest BCUT2D eigenvalue weighted by Gasteiger charge is 2.23. The number of carboxylic acid groups (broad SMARTS) is 1. The fourth-order valence-corrected chi connectivity index (χ4v) is 4.01. The number of aliphatic carboxylic acids is 1. The van der Waals surface area contributed by atoms with Gasteiger partial charge in [-0.15, -0.1) is 0 Å². The lowest BCUT2D eigenvalue weighted by molar-refractivity contribution is -0.140. The molecule has 2 aromatic carbocycles. The van der Waals surface area contributed by atoms with Crippen molar-refractivity contribution in [2.24, 2.45) is 4.99 Å². The molecule has 1 aromatic heterocycles. The maximum absolute atomic E-state index is 13.4. The molecule has 0 aliphatic carbocycles. The third-order valence-corrected chi connectivity index (χ3v) is 5.48. The molecule has 1 amide bonds. The second-order valence-corrected chi connectivity index (χ2v) is 7.04. The summed E-state index contributed by atoms with van der Waals surface area (Å²) in [5.41, 5.74) is 0.381. The predicted molar refractivity (Wildman–Crippen MR) is 98.0 cm³/mol. The van der Waals surface area contributed by atoms with Crippen molar-refractivity contribution in [2.75, 3.05) is 0 Å². The Balaban J connectivity index is 2.24. The first-order valence-corrected chi connectivity index (χ1v) is 9.09. The van der Waals surface area contributed by atoms with Gasteiger partial charge in [-0.1, -0.05) is 35.9 Å². The van der Waals surface area contributed by atoms with Crippen molar-refractivity contribution in [3.63, 3.8) is 0 Å². The van der Waals surface area contributed by atoms with E-state index in [-0.39, 0.29) is 16.8 Å². The van der Waals surface area contributed by atoms with Crippen LogP contribution in [0.3, 0.4) is 0 Å². The van der Waals surface area contributed by atoms with Crippen LogP contribution in [0.5, 0.6) is 0 Å². The summed E-state index contributed by atoms with van der Waals surface area (Å²) in [6, 6.07) is 6.74. The first kappa shape index (κ1) is 19.2. The highest BCUT2D eigenvalue weighted by atomic mass is 35.5. The number of amides is 1. The van der Waals surface area contributed by atoms with Crippen LogP contribution in [-0.2, 0) is 4.79 Å². The number of carbonyl (C=O) groups excluding carboxylic acids is 1. The van der Waals surface area contributed by atoms with Gasteiger partial charge in [0.15, 0.2) is 16.4 Å². The van der Waals surface area contributed by atoms with Crippen molar-refractivity contribution in [1.82, 2.24) is 4.57 Å². The van der Waals surface area contributed by atoms with Crippen molar-refractivity contribution in [3.05, 3.63) is 63.4 Å². The minimum Gasteiger partial charge on any atom is -0.480 e. The molecule has 0 aliphatic rings. The average Bonchev–Trinajstić information content (AvgIpc) is 2.97. The minimum absolute atomic E-state index is 0.113. The molecule has 0 bridgehead atoms. The number of nitrogens with zero attached hydrogens (tertiary/aromatic N) is 2. The summed E-state index contributed by atoms with van der Waals surface area (Å²) in [5.74, 6) is -4.14. The second-order valence-electron chi connectivity index (χ2n) is 5.65. The lowest BCUT2D eigenvalue weighted by Gasteiger charge is -2.13. The fourth-order valence-electron chi connectivity index (χ4n) is 2.66. The average molecular weight is 411 g/mol. The molecule has 140 valence electrons. The van der Waals surface area contributed by atoms with E-state index in [0.29, 0.717) is 15.2 Å². The monoisotopic (exact) mass is 410 g/mol. The summed E-state index contributed by atoms with van der Waals surface area (Å²) in [4.78, 5) is 28.2. The van der Waals surface area contributed by atoms with Gasteiger partial charge in [-0.3, -0.25) is 4.79 Å². The number of carbonyl (C=O) groups is 2. The van der Waals surface area contributed by atoms with Crippen LogP contribution in [0, 0.1) is 11.6 Å². The van der Waals surface area contributed by atoms with Crippen molar-refractivity contribution < 1.29 is 23.5 Å². The van der Waals surface area contributed by atoms with Crippen LogP contribution in [0.25, 0.3) is 10.2 Å². The first-order chi connectivity index (χ1) is 12.8. The zero-order chi connectivity index (χ0) is 19.7. The molecule has 0 aliphatic heterocycles. The Bertz CT molecular complexity index is 1120. The molecule has 1 heterocycles. The van der Waals surface area contributed by atoms with E-state index in [1.54, 1.807) is 25.1 Å². The first-order valence-electron chi connectivity index (χ1n) is 7.90. The van der Waals surface area contributed by atoms with E-state index in [2.05, 4.69) is 4.99 Å². The molecule has 0 radical (unpaired) electrons. The van der Waals surface area contributed by atoms with Crippen molar-refractivity contribution in [3.8, 4) is 0 Å². The van der Waals surface area contributed by atoms with Gasteiger partial charge in [-0.2, -0.15) is 4.99 Å². The zero-order valence-corrected chi connectivity index (χ0v) is 15.5. The minimum atomic E-state index is -1.17. The van der Waals surface area contributed by atoms with E-state index < -0.39 is 29.6 Å². The Morgan fingerprint density at radius 1 is 1.26 bits per heavy atom. The van der Waals surface area contributed by atoms with Gasteiger partial charge in [0.05, 0.1) is 15.2 Å². The molecule has 1 unspecified atom stereocenters. The van der Waals surface area contributed by atoms with Crippen molar-refractivity contribution in [2.45, 2.75) is 19.4 Å². The van der Waals surface area contributed by atoms with Crippen LogP contribution >= 0.6 is 22.9 Å². The molecule has 0 spiro atoms. The van der Waals surface area contributed by atoms with Gasteiger partial charge in [0, 0.05) is 5.56 Å². The maximum atomic E-state index is 13.4. The van der Waals surface area contributed by atoms with Gasteiger partial charge in [-0.05, 0) is 36.8 Å². The van der Waals surface area contributed by atoms with Gasteiger partial charge >= 0.3 is 5.97 Å². The topological polar surface area (TPSA) is 71.7 Å². The van der Waals surface area contributed by atoms with Crippen LogP contribution in [0.15, 0.2) is 41.4 Å². The third kappa shape index (κ3) is 3.63. The SMILES string of the molecule is CCC(C(=O)O)n1c(=NC(=O)c2ccc(F)c(F)c2)sc2c(Cl)cccc21. The van der Waals surface area contributed by atoms with Crippen LogP contribution in [0.2, 0.25) is 5.02 Å². The van der Waals surface area contributed by atoms with Gasteiger partial charge in [0.1, 0.15) is 6.04 Å². The van der Waals surface area contributed by atoms with E-state index in [4.69, 9.17) is 11.6 Å². The van der Waals surface area contributed by atoms with E-state index in [0.717, 1.165) is 29.5 Å². The molecule has 27 heavy (non-hydrogen) atoms. The van der Waals surface area contributed by atoms with Crippen LogP contribution in [0.1, 0.15) is 29.7 Å². The maximum Gasteiger partial charge on any atom is 0.326 e. The summed E-state index contributed by atoms with van der Waals surface area (Å²) >= 11 is 7.25. The van der Waals surface area contributed by atoms with Crippen LogP contribution in [0.4, 0.5) is 8.78 Å². The predicted octanol–water partition coefficient (Wildman–Crippen LogP) is 4.41. The molecular formula is C18H13ClF2N2O3S.